The first-order valence-electron chi connectivity index (χ1n) is 13.8. The third-order valence-corrected chi connectivity index (χ3v) is 13.2. The van der Waals surface area contributed by atoms with E-state index in [2.05, 4.69) is 74.9 Å². The van der Waals surface area contributed by atoms with Crippen LogP contribution in [0.4, 0.5) is 17.6 Å². The van der Waals surface area contributed by atoms with Crippen LogP contribution in [0.1, 0.15) is 58.9 Å². The second kappa shape index (κ2) is 9.57. The predicted octanol–water partition coefficient (Wildman–Crippen LogP) is 6.23. The van der Waals surface area contributed by atoms with Crippen molar-refractivity contribution in [1.82, 2.24) is 29.7 Å². The summed E-state index contributed by atoms with van der Waals surface area (Å²) in [5.74, 6) is 2.03. The number of nitrogens with zero attached hydrogens (tertiary/aromatic N) is 7. The lowest BCUT2D eigenvalue weighted by Crippen LogP contribution is -2.44. The number of rotatable bonds is 6. The zero-order valence-electron chi connectivity index (χ0n) is 23.1. The predicted molar refractivity (Wildman–Crippen MR) is 155 cm³/mol. The molecule has 1 aliphatic carbocycles. The summed E-state index contributed by atoms with van der Waals surface area (Å²) < 4.78 is 9.00. The highest BCUT2D eigenvalue weighted by Crippen LogP contribution is 2.39. The van der Waals surface area contributed by atoms with Crippen molar-refractivity contribution >= 4 is 47.8 Å². The Hall–Kier alpha value is -3.11. The molecule has 0 radical (unpaired) electrons. The third kappa shape index (κ3) is 4.64. The molecule has 2 aliphatic rings. The summed E-state index contributed by atoms with van der Waals surface area (Å²) in [5, 5.41) is 14.7. The molecule has 0 bridgehead atoms. The third-order valence-electron chi connectivity index (χ3n) is 8.66. The molecule has 2 fully saturated rings. The van der Waals surface area contributed by atoms with Crippen molar-refractivity contribution in [2.75, 3.05) is 23.3 Å². The number of hydrogen-bond donors (Lipinski definition) is 1. The molecular formula is C28H38N8OSi. The summed E-state index contributed by atoms with van der Waals surface area (Å²) in [6.07, 6.45) is 11.8. The standard InChI is InChI=1S/C28H38N8OSi/c1-28(2,3)38(4,5)37-20-13-15-35(18-20)25-11-10-24(33-34-25)31-27-30-16-22-21-12-14-29-17-23(21)36(26(22)32-27)19-8-6-7-9-19/h10-12,14,16-17,19-20H,6-9,13,15,18H2,1-5H3,(H,30,31,32,33)/t20-/m1/s1. The zero-order chi connectivity index (χ0) is 26.5. The molecule has 0 spiro atoms. The summed E-state index contributed by atoms with van der Waals surface area (Å²) in [7, 11) is -1.79. The Morgan fingerprint density at radius 1 is 1.00 bits per heavy atom. The average molecular weight is 531 g/mol. The van der Waals surface area contributed by atoms with Crippen LogP contribution in [0.25, 0.3) is 21.9 Å². The molecular weight excluding hydrogens is 492 g/mol. The molecule has 1 aliphatic heterocycles. The maximum atomic E-state index is 6.64. The molecule has 38 heavy (non-hydrogen) atoms. The molecule has 1 atom stereocenters. The summed E-state index contributed by atoms with van der Waals surface area (Å²) in [6.45, 7) is 13.3. The van der Waals surface area contributed by atoms with E-state index in [1.807, 2.05) is 30.7 Å². The van der Waals surface area contributed by atoms with Gasteiger partial charge in [0.05, 0.1) is 17.8 Å². The fraction of sp³-hybridized carbons (Fsp3) is 0.536. The van der Waals surface area contributed by atoms with Crippen LogP contribution in [0.3, 0.4) is 0 Å². The van der Waals surface area contributed by atoms with Gasteiger partial charge in [-0.05, 0) is 55.6 Å². The van der Waals surface area contributed by atoms with Crippen molar-refractivity contribution in [3.05, 3.63) is 36.8 Å². The van der Waals surface area contributed by atoms with E-state index < -0.39 is 8.32 Å². The smallest absolute Gasteiger partial charge is 0.230 e. The van der Waals surface area contributed by atoms with Crippen LogP contribution in [-0.2, 0) is 4.43 Å². The van der Waals surface area contributed by atoms with E-state index in [1.165, 1.54) is 25.7 Å². The van der Waals surface area contributed by atoms with Crippen molar-refractivity contribution < 1.29 is 4.43 Å². The Morgan fingerprint density at radius 2 is 1.82 bits per heavy atom. The number of pyridine rings is 1. The molecule has 9 nitrogen and oxygen atoms in total. The van der Waals surface area contributed by atoms with Crippen molar-refractivity contribution in [3.8, 4) is 0 Å². The van der Waals surface area contributed by atoms with Gasteiger partial charge >= 0.3 is 0 Å². The first-order chi connectivity index (χ1) is 18.2. The highest BCUT2D eigenvalue weighted by atomic mass is 28.4. The summed E-state index contributed by atoms with van der Waals surface area (Å²) >= 11 is 0. The van der Waals surface area contributed by atoms with Gasteiger partial charge in [0.1, 0.15) is 5.65 Å². The molecule has 0 aromatic carbocycles. The molecule has 200 valence electrons. The van der Waals surface area contributed by atoms with Gasteiger partial charge in [0.2, 0.25) is 5.95 Å². The van der Waals surface area contributed by atoms with Crippen molar-refractivity contribution in [2.45, 2.75) is 83.2 Å². The topological polar surface area (TPSA) is 93.9 Å². The summed E-state index contributed by atoms with van der Waals surface area (Å²) in [4.78, 5) is 16.2. The molecule has 0 unspecified atom stereocenters. The summed E-state index contributed by atoms with van der Waals surface area (Å²) in [6, 6.07) is 6.48. The van der Waals surface area contributed by atoms with E-state index >= 15 is 0 Å². The van der Waals surface area contributed by atoms with Crippen LogP contribution in [0.2, 0.25) is 18.1 Å². The van der Waals surface area contributed by atoms with Gasteiger partial charge in [-0.2, -0.15) is 4.98 Å². The van der Waals surface area contributed by atoms with Crippen LogP contribution in [0, 0.1) is 0 Å². The monoisotopic (exact) mass is 530 g/mol. The Kier molecular flexibility index (Phi) is 6.34. The molecule has 4 aromatic rings. The van der Waals surface area contributed by atoms with Gasteiger partial charge in [-0.15, -0.1) is 10.2 Å². The minimum atomic E-state index is -1.79. The highest BCUT2D eigenvalue weighted by molar-refractivity contribution is 6.74. The van der Waals surface area contributed by atoms with Crippen LogP contribution >= 0.6 is 0 Å². The molecule has 1 saturated heterocycles. The van der Waals surface area contributed by atoms with Gasteiger partial charge in [0, 0.05) is 42.3 Å². The zero-order valence-corrected chi connectivity index (χ0v) is 24.1. The lowest BCUT2D eigenvalue weighted by molar-refractivity contribution is 0.202. The maximum Gasteiger partial charge on any atom is 0.230 e. The fourth-order valence-electron chi connectivity index (χ4n) is 5.56. The van der Waals surface area contributed by atoms with E-state index in [0.717, 1.165) is 47.3 Å². The lowest BCUT2D eigenvalue weighted by Gasteiger charge is -2.38. The van der Waals surface area contributed by atoms with E-state index in [1.54, 1.807) is 0 Å². The van der Waals surface area contributed by atoms with Crippen LogP contribution in [-0.4, -0.2) is 57.2 Å². The Morgan fingerprint density at radius 3 is 2.55 bits per heavy atom. The molecule has 10 heteroatoms. The number of aromatic nitrogens is 6. The first kappa shape index (κ1) is 25.2. The van der Waals surface area contributed by atoms with Gasteiger partial charge in [-0.25, -0.2) is 4.98 Å². The fourth-order valence-corrected chi connectivity index (χ4v) is 6.94. The van der Waals surface area contributed by atoms with E-state index in [-0.39, 0.29) is 11.1 Å². The maximum absolute atomic E-state index is 6.64. The van der Waals surface area contributed by atoms with Gasteiger partial charge in [-0.1, -0.05) is 33.6 Å². The van der Waals surface area contributed by atoms with Crippen molar-refractivity contribution in [1.29, 1.82) is 0 Å². The highest BCUT2D eigenvalue weighted by Gasteiger charge is 2.40. The van der Waals surface area contributed by atoms with E-state index in [9.17, 15) is 0 Å². The number of nitrogens with one attached hydrogen (secondary N) is 1. The molecule has 0 amide bonds. The Labute approximate surface area is 225 Å². The normalized spacial score (nSPS) is 19.2. The van der Waals surface area contributed by atoms with Crippen LogP contribution in [0.15, 0.2) is 36.8 Å². The first-order valence-corrected chi connectivity index (χ1v) is 16.7. The van der Waals surface area contributed by atoms with Gasteiger partial charge in [0.25, 0.3) is 0 Å². The van der Waals surface area contributed by atoms with Crippen molar-refractivity contribution in [3.63, 3.8) is 0 Å². The second-order valence-corrected chi connectivity index (χ2v) is 17.0. The SMILES string of the molecule is CC(C)(C)[Si](C)(C)O[C@@H]1CCN(c2ccc(Nc3ncc4c5ccncc5n(C5CCCC5)c4n3)nn2)C1. The number of fused-ring (bicyclic) bond motifs is 3. The Bertz CT molecular complexity index is 1440. The second-order valence-electron chi connectivity index (χ2n) is 12.3. The molecule has 5 heterocycles. The lowest BCUT2D eigenvalue weighted by atomic mass is 10.2. The van der Waals surface area contributed by atoms with Gasteiger partial charge < -0.3 is 19.2 Å². The van der Waals surface area contributed by atoms with Gasteiger partial charge in [-0.3, -0.25) is 4.98 Å². The molecule has 1 saturated carbocycles. The molecule has 6 rings (SSSR count). The minimum Gasteiger partial charge on any atom is -0.412 e. The van der Waals surface area contributed by atoms with E-state index in [4.69, 9.17) is 9.41 Å². The number of anilines is 3. The summed E-state index contributed by atoms with van der Waals surface area (Å²) in [5.41, 5.74) is 2.08. The van der Waals surface area contributed by atoms with E-state index in [0.29, 0.717) is 17.8 Å². The average Bonchev–Trinajstić information content (AvgIpc) is 3.63. The van der Waals surface area contributed by atoms with Crippen LogP contribution in [0.5, 0.6) is 0 Å². The van der Waals surface area contributed by atoms with Crippen molar-refractivity contribution in [2.24, 2.45) is 0 Å². The largest absolute Gasteiger partial charge is 0.412 e. The molecule has 4 aromatic heterocycles. The Balaban J connectivity index is 1.19. The minimum absolute atomic E-state index is 0.209. The molecule has 1 N–H and O–H groups in total. The van der Waals surface area contributed by atoms with Crippen LogP contribution < -0.4 is 10.2 Å². The quantitative estimate of drug-likeness (QED) is 0.293. The number of hydrogen-bond acceptors (Lipinski definition) is 8. The van der Waals surface area contributed by atoms with Gasteiger partial charge in [0.15, 0.2) is 20.0 Å².